The highest BCUT2D eigenvalue weighted by molar-refractivity contribution is 6.01. The molecule has 0 aliphatic heterocycles. The van der Waals surface area contributed by atoms with E-state index in [0.717, 1.165) is 13.8 Å². The summed E-state index contributed by atoms with van der Waals surface area (Å²) in [6.45, 7) is 7.23. The van der Waals surface area contributed by atoms with Crippen molar-refractivity contribution in [3.63, 3.8) is 0 Å². The lowest BCUT2D eigenvalue weighted by atomic mass is 10.0. The first-order valence-electron chi connectivity index (χ1n) is 39.5. The Morgan fingerprint density at radius 3 is 1.17 bits per heavy atom. The number of benzene rings is 5. The van der Waals surface area contributed by atoms with Crippen LogP contribution in [-0.4, -0.2) is 261 Å². The molecule has 6 rings (SSSR count). The van der Waals surface area contributed by atoms with Gasteiger partial charge < -0.3 is 131 Å². The molecule has 42 nitrogen and oxygen atoms in total. The van der Waals surface area contributed by atoms with Crippen molar-refractivity contribution in [3.05, 3.63) is 161 Å². The third-order valence-electron chi connectivity index (χ3n) is 19.4. The first-order valence-corrected chi connectivity index (χ1v) is 39.5. The third-order valence-corrected chi connectivity index (χ3v) is 19.4. The number of H-pyrrole nitrogens is 1. The quantitative estimate of drug-likeness (QED) is 0.0171. The fourth-order valence-corrected chi connectivity index (χ4v) is 12.5. The lowest BCUT2D eigenvalue weighted by Crippen LogP contribution is -2.62. The Bertz CT molecular complexity index is 4800. The molecule has 6 aromatic rings. The second-order valence-electron chi connectivity index (χ2n) is 30.2. The van der Waals surface area contributed by atoms with Gasteiger partial charge in [-0.3, -0.25) is 76.7 Å². The number of hydrogen-bond acceptors (Lipinski definition) is 24. The van der Waals surface area contributed by atoms with Crippen LogP contribution < -0.4 is 80.2 Å². The van der Waals surface area contributed by atoms with E-state index in [1.54, 1.807) is 92.1 Å². The minimum atomic E-state index is -2.13. The molecule has 16 atom stereocenters. The molecule has 674 valence electrons. The number of carbonyl (C=O) groups is 17. The Labute approximate surface area is 715 Å². The smallest absolute Gasteiger partial charge is 0.326 e. The second-order valence-corrected chi connectivity index (χ2v) is 30.2. The van der Waals surface area contributed by atoms with Crippen LogP contribution in [-0.2, 0) is 114 Å². The van der Waals surface area contributed by atoms with E-state index in [4.69, 9.17) is 10.8 Å². The number of para-hydroxylation sites is 1. The van der Waals surface area contributed by atoms with Crippen molar-refractivity contribution in [3.8, 4) is 17.2 Å². The lowest BCUT2D eigenvalue weighted by Gasteiger charge is -2.28. The van der Waals surface area contributed by atoms with E-state index >= 15 is 9.59 Å². The molecule has 42 heteroatoms. The average Bonchev–Trinajstić information content (AvgIpc) is 1.70. The van der Waals surface area contributed by atoms with E-state index in [-0.39, 0.29) is 61.7 Å². The summed E-state index contributed by atoms with van der Waals surface area (Å²) < 4.78 is 0. The number of nitrogens with two attached hydrogens (primary N) is 1. The molecular weight excluding hydrogens is 1640 g/mol. The Morgan fingerprint density at radius 1 is 0.352 bits per heavy atom. The number of aromatic hydroxyl groups is 3. The van der Waals surface area contributed by atoms with E-state index in [9.17, 15) is 113 Å². The molecule has 26 N–H and O–H groups in total. The van der Waals surface area contributed by atoms with Crippen LogP contribution in [0.1, 0.15) is 95.5 Å². The van der Waals surface area contributed by atoms with Crippen molar-refractivity contribution in [2.24, 2.45) is 11.7 Å². The third kappa shape index (κ3) is 32.3. The van der Waals surface area contributed by atoms with Gasteiger partial charge >= 0.3 is 17.9 Å². The molecule has 0 bridgehead atoms. The highest BCUT2D eigenvalue weighted by Gasteiger charge is 2.39. The number of amides is 14. The topological polar surface area (TPSA) is 682 Å². The Balaban J connectivity index is 1.17. The monoisotopic (exact) mass is 1740 g/mol. The van der Waals surface area contributed by atoms with Crippen LogP contribution in [0.3, 0.4) is 0 Å². The number of aromatic nitrogens is 1. The molecule has 0 aliphatic rings. The Hall–Kier alpha value is -14.1. The van der Waals surface area contributed by atoms with Crippen LogP contribution >= 0.6 is 0 Å². The standard InChI is InChI=1S/C83H106N16O26/c1-40(2)29-57(90-70(111)42(4)89-76(117)59(33-49-21-27-53(105)28-22-49)93-80(121)64(39-100)97-72(113)41(3)87-73(114)55(84)30-47-17-23-51(103)24-18-47)75(116)88-43(5)71(112)91-60(31-46-13-9-8-10-14-46)77(118)94-61(34-50-37-85-56-16-12-11-15-54(50)56)78(119)92-58(32-48-19-25-52(104)26-20-48)74(115)86-38-65(106)98-68(44(6)101)82(123)99-69(45(7)102)81(122)95-62(35-66(107)108)79(120)96-63(83(124)125)36-67(109)110/h8-28,37,40-45,55,57-64,68-69,85,100-105H,29-36,38-39,84H2,1-7H3,(H,86,115)(H,87,114)(H,88,116)(H,89,117)(H,90,111)(H,91,112)(H,92,119)(H,93,121)(H,94,118)(H,95,122)(H,96,120)(H,97,113)(H,98,106)(H,99,123)(H,107,108)(H,109,110)(H,124,125)/t41-,42-,43-,44+,45+,55-,57-,58-,59-,60-,61-,62-,63-,64-,68-,69-/m0/s1. The molecule has 0 spiro atoms. The number of carboxylic acid groups (broad SMARTS) is 3. The van der Waals surface area contributed by atoms with Gasteiger partial charge in [-0.05, 0) is 124 Å². The molecule has 0 saturated carbocycles. The molecule has 0 radical (unpaired) electrons. The van der Waals surface area contributed by atoms with Crippen LogP contribution in [0.15, 0.2) is 134 Å². The number of rotatable bonds is 48. The maximum atomic E-state index is 15.1. The van der Waals surface area contributed by atoms with Crippen LogP contribution in [0.2, 0.25) is 0 Å². The van der Waals surface area contributed by atoms with Crippen LogP contribution in [0.25, 0.3) is 10.9 Å². The van der Waals surface area contributed by atoms with Gasteiger partial charge in [-0.15, -0.1) is 0 Å². The molecule has 125 heavy (non-hydrogen) atoms. The van der Waals surface area contributed by atoms with Gasteiger partial charge in [0.05, 0.1) is 44.2 Å². The van der Waals surface area contributed by atoms with E-state index in [2.05, 4.69) is 68.8 Å². The largest absolute Gasteiger partial charge is 0.508 e. The molecule has 5 aromatic carbocycles. The predicted octanol–water partition coefficient (Wildman–Crippen LogP) is -4.56. The molecule has 14 amide bonds. The van der Waals surface area contributed by atoms with Crippen molar-refractivity contribution in [1.29, 1.82) is 0 Å². The minimum Gasteiger partial charge on any atom is -0.508 e. The van der Waals surface area contributed by atoms with Crippen molar-refractivity contribution >= 4 is 112 Å². The fourth-order valence-electron chi connectivity index (χ4n) is 12.5. The summed E-state index contributed by atoms with van der Waals surface area (Å²) in [7, 11) is 0. The summed E-state index contributed by atoms with van der Waals surface area (Å²) in [6, 6.07) is 8.61. The van der Waals surface area contributed by atoms with E-state index in [1.165, 1.54) is 81.4 Å². The van der Waals surface area contributed by atoms with Crippen molar-refractivity contribution < 1.29 is 127 Å². The average molecular weight is 1740 g/mol. The van der Waals surface area contributed by atoms with Crippen LogP contribution in [0, 0.1) is 5.92 Å². The first kappa shape index (κ1) is 99.7. The number of aromatic amines is 1. The lowest BCUT2D eigenvalue weighted by molar-refractivity contribution is -0.148. The summed E-state index contributed by atoms with van der Waals surface area (Å²) in [6.07, 6.45) is -5.78. The highest BCUT2D eigenvalue weighted by atomic mass is 16.4. The fraction of sp³-hybridized carbons (Fsp3) is 0.410. The zero-order chi connectivity index (χ0) is 92.6. The van der Waals surface area contributed by atoms with Gasteiger partial charge in [-0.1, -0.05) is 98.8 Å². The zero-order valence-corrected chi connectivity index (χ0v) is 69.1. The molecule has 0 unspecified atom stereocenters. The van der Waals surface area contributed by atoms with Gasteiger partial charge in [0.15, 0.2) is 0 Å². The summed E-state index contributed by atoms with van der Waals surface area (Å²) in [5, 5.41) is 123. The van der Waals surface area contributed by atoms with Gasteiger partial charge in [0.1, 0.15) is 95.8 Å². The number of nitrogens with one attached hydrogen (secondary N) is 15. The van der Waals surface area contributed by atoms with Gasteiger partial charge in [0.2, 0.25) is 82.7 Å². The first-order chi connectivity index (χ1) is 59.0. The number of fused-ring (bicyclic) bond motifs is 1. The van der Waals surface area contributed by atoms with Crippen molar-refractivity contribution in [2.45, 2.75) is 197 Å². The Kier molecular flexibility index (Phi) is 38.2. The number of carboxylic acids is 3. The van der Waals surface area contributed by atoms with E-state index in [1.807, 2.05) is 5.32 Å². The Morgan fingerprint density at radius 2 is 0.704 bits per heavy atom. The molecule has 1 heterocycles. The number of aliphatic hydroxyl groups excluding tert-OH is 3. The predicted molar refractivity (Wildman–Crippen MR) is 443 cm³/mol. The summed E-state index contributed by atoms with van der Waals surface area (Å²) >= 11 is 0. The minimum absolute atomic E-state index is 0.00827. The molecule has 0 aliphatic carbocycles. The number of phenolic OH excluding ortho intramolecular Hbond substituents is 3. The number of aliphatic carboxylic acids is 3. The molecule has 0 fully saturated rings. The van der Waals surface area contributed by atoms with E-state index in [0.29, 0.717) is 38.7 Å². The second kappa shape index (κ2) is 47.9. The van der Waals surface area contributed by atoms with Gasteiger partial charge in [-0.25, -0.2) is 4.79 Å². The summed E-state index contributed by atoms with van der Waals surface area (Å²) in [5.41, 5.74) is 8.94. The van der Waals surface area contributed by atoms with Crippen molar-refractivity contribution in [2.75, 3.05) is 13.2 Å². The maximum absolute atomic E-state index is 15.1. The normalized spacial score (nSPS) is 15.0. The number of hydrogen-bond donors (Lipinski definition) is 25. The van der Waals surface area contributed by atoms with Crippen LogP contribution in [0.4, 0.5) is 0 Å². The van der Waals surface area contributed by atoms with Gasteiger partial charge in [0, 0.05) is 42.8 Å². The van der Waals surface area contributed by atoms with Crippen molar-refractivity contribution in [1.82, 2.24) is 79.4 Å². The molecular formula is C83H106N16O26. The molecule has 0 saturated heterocycles. The SMILES string of the molecule is CC(C)C[C@H](NC(=O)[C@H](C)NC(=O)[C@H](Cc1ccc(O)cc1)NC(=O)[C@H](CO)NC(=O)[C@H](C)NC(=O)[C@@H](N)Cc1ccc(O)cc1)C(=O)N[C@@H](C)C(=O)N[C@@H](Cc1ccccc1)C(=O)N[C@@H](Cc1c[nH]c2ccccc12)C(=O)N[C@@H](Cc1ccc(O)cc1)C(=O)NCC(=O)N[C@H](C(=O)N[C@H](C(=O)N[C@@H](CC(=O)O)C(=O)N[C@@H](CC(=O)O)C(=O)O)[C@@H](C)O)[C@@H](C)O. The number of carbonyl (C=O) groups excluding carboxylic acids is 14. The summed E-state index contributed by atoms with van der Waals surface area (Å²) in [5.74, 6) is -21.0. The van der Waals surface area contributed by atoms with E-state index < -0.39 is 223 Å². The zero-order valence-electron chi connectivity index (χ0n) is 69.1. The highest BCUT2D eigenvalue weighted by Crippen LogP contribution is 2.22. The number of phenols is 3. The van der Waals surface area contributed by atoms with Crippen LogP contribution in [0.5, 0.6) is 17.2 Å². The summed E-state index contributed by atoms with van der Waals surface area (Å²) in [4.78, 5) is 234. The molecule has 1 aromatic heterocycles. The number of aliphatic hydroxyl groups is 3. The van der Waals surface area contributed by atoms with Gasteiger partial charge in [0.25, 0.3) is 0 Å². The maximum Gasteiger partial charge on any atom is 0.326 e. The van der Waals surface area contributed by atoms with Gasteiger partial charge in [-0.2, -0.15) is 0 Å².